The molecule has 1 unspecified atom stereocenters. The Morgan fingerprint density at radius 1 is 1.08 bits per heavy atom. The van der Waals surface area contributed by atoms with E-state index in [-0.39, 0.29) is 18.5 Å². The lowest BCUT2D eigenvalue weighted by molar-refractivity contribution is -0.122. The highest BCUT2D eigenvalue weighted by Crippen LogP contribution is 2.33. The normalized spacial score (nSPS) is 15.3. The molecule has 7 nitrogen and oxygen atoms in total. The van der Waals surface area contributed by atoms with E-state index in [0.717, 1.165) is 31.3 Å². The van der Waals surface area contributed by atoms with Crippen molar-refractivity contribution in [3.63, 3.8) is 0 Å². The van der Waals surface area contributed by atoms with Gasteiger partial charge in [0.1, 0.15) is 22.6 Å². The third-order valence-electron chi connectivity index (χ3n) is 6.69. The summed E-state index contributed by atoms with van der Waals surface area (Å²) in [5.74, 6) is -1.99. The molecule has 194 valence electrons. The first-order chi connectivity index (χ1) is 18.9. The van der Waals surface area contributed by atoms with Gasteiger partial charge in [0.2, 0.25) is 5.91 Å². The molecule has 0 radical (unpaired) electrons. The highest BCUT2D eigenvalue weighted by molar-refractivity contribution is 7.21. The molecule has 0 saturated carbocycles. The standard InChI is InChI=1S/C30H22FN3O4S/c1-18-8-13-24-26(15-18)39-28(32-24)19-9-11-20(12-10-19)34-27(35)16-25(30(34)37)33(17-21-5-4-14-38-21)29(36)22-6-2-3-7-23(22)31/h2-15,25H,16-17H2,1H3. The maximum absolute atomic E-state index is 14.5. The highest BCUT2D eigenvalue weighted by atomic mass is 32.1. The van der Waals surface area contributed by atoms with Gasteiger partial charge in [-0.2, -0.15) is 0 Å². The lowest BCUT2D eigenvalue weighted by Crippen LogP contribution is -2.45. The second-order valence-electron chi connectivity index (χ2n) is 9.32. The van der Waals surface area contributed by atoms with Gasteiger partial charge in [-0.1, -0.05) is 18.2 Å². The SMILES string of the molecule is Cc1ccc2nc(-c3ccc(N4C(=O)CC(N(Cc5ccco5)C(=O)c5ccccc5F)C4=O)cc3)sc2c1. The van der Waals surface area contributed by atoms with Crippen LogP contribution in [0, 0.1) is 12.7 Å². The van der Waals surface area contributed by atoms with Gasteiger partial charge in [-0.3, -0.25) is 14.4 Å². The molecule has 9 heteroatoms. The number of aromatic nitrogens is 1. The molecule has 0 aliphatic carbocycles. The van der Waals surface area contributed by atoms with Crippen LogP contribution >= 0.6 is 11.3 Å². The maximum atomic E-state index is 14.5. The van der Waals surface area contributed by atoms with Gasteiger partial charge in [-0.05, 0) is 73.2 Å². The van der Waals surface area contributed by atoms with Crippen LogP contribution in [0.3, 0.4) is 0 Å². The number of carbonyl (C=O) groups is 3. The zero-order valence-electron chi connectivity index (χ0n) is 20.8. The van der Waals surface area contributed by atoms with Crippen LogP contribution in [-0.4, -0.2) is 33.6 Å². The van der Waals surface area contributed by atoms with E-state index in [2.05, 4.69) is 6.07 Å². The van der Waals surface area contributed by atoms with Crippen LogP contribution < -0.4 is 4.90 Å². The molecule has 1 saturated heterocycles. The number of hydrogen-bond acceptors (Lipinski definition) is 6. The minimum Gasteiger partial charge on any atom is -0.467 e. The first-order valence-electron chi connectivity index (χ1n) is 12.3. The van der Waals surface area contributed by atoms with Crippen molar-refractivity contribution in [2.75, 3.05) is 4.90 Å². The van der Waals surface area contributed by atoms with Crippen LogP contribution in [-0.2, 0) is 16.1 Å². The smallest absolute Gasteiger partial charge is 0.257 e. The lowest BCUT2D eigenvalue weighted by Gasteiger charge is -2.27. The molecule has 5 aromatic rings. The van der Waals surface area contributed by atoms with Gasteiger partial charge in [-0.15, -0.1) is 11.3 Å². The Kier molecular flexibility index (Phi) is 6.28. The Morgan fingerprint density at radius 2 is 1.87 bits per heavy atom. The molecular weight excluding hydrogens is 517 g/mol. The minimum absolute atomic E-state index is 0.0896. The number of aryl methyl sites for hydroxylation is 1. The predicted molar refractivity (Wildman–Crippen MR) is 146 cm³/mol. The second kappa shape index (κ2) is 9.92. The fraction of sp³-hybridized carbons (Fsp3) is 0.133. The molecule has 3 amide bonds. The number of thiazole rings is 1. The van der Waals surface area contributed by atoms with Crippen molar-refractivity contribution in [1.82, 2.24) is 9.88 Å². The monoisotopic (exact) mass is 539 g/mol. The summed E-state index contributed by atoms with van der Waals surface area (Å²) in [6.07, 6.45) is 1.22. The number of nitrogens with zero attached hydrogens (tertiary/aromatic N) is 3. The first-order valence-corrected chi connectivity index (χ1v) is 13.1. The molecule has 3 heterocycles. The number of anilines is 1. The van der Waals surface area contributed by atoms with Gasteiger partial charge in [0.05, 0.1) is 40.7 Å². The Balaban J connectivity index is 1.29. The maximum Gasteiger partial charge on any atom is 0.257 e. The van der Waals surface area contributed by atoms with Gasteiger partial charge in [0.15, 0.2) is 0 Å². The summed E-state index contributed by atoms with van der Waals surface area (Å²) >= 11 is 1.57. The fourth-order valence-electron chi connectivity index (χ4n) is 4.72. The van der Waals surface area contributed by atoms with Crippen LogP contribution in [0.5, 0.6) is 0 Å². The quantitative estimate of drug-likeness (QED) is 0.248. The number of benzene rings is 3. The summed E-state index contributed by atoms with van der Waals surface area (Å²) in [6, 6.07) is 20.9. The summed E-state index contributed by atoms with van der Waals surface area (Å²) < 4.78 is 21.0. The number of rotatable bonds is 6. The topological polar surface area (TPSA) is 83.7 Å². The molecule has 1 aliphatic heterocycles. The Bertz CT molecular complexity index is 1710. The van der Waals surface area contributed by atoms with Crippen molar-refractivity contribution in [3.8, 4) is 10.6 Å². The summed E-state index contributed by atoms with van der Waals surface area (Å²) in [4.78, 5) is 47.1. The van der Waals surface area contributed by atoms with E-state index in [1.165, 1.54) is 29.4 Å². The lowest BCUT2D eigenvalue weighted by atomic mass is 10.1. The average Bonchev–Trinajstić information content (AvgIpc) is 3.66. The van der Waals surface area contributed by atoms with E-state index in [0.29, 0.717) is 11.4 Å². The molecule has 1 fully saturated rings. The highest BCUT2D eigenvalue weighted by Gasteiger charge is 2.45. The van der Waals surface area contributed by atoms with Crippen molar-refractivity contribution >= 4 is 45.0 Å². The van der Waals surface area contributed by atoms with E-state index in [9.17, 15) is 18.8 Å². The van der Waals surface area contributed by atoms with Crippen LogP contribution in [0.25, 0.3) is 20.8 Å². The van der Waals surface area contributed by atoms with E-state index in [1.807, 2.05) is 31.2 Å². The predicted octanol–water partition coefficient (Wildman–Crippen LogP) is 5.98. The summed E-state index contributed by atoms with van der Waals surface area (Å²) in [5, 5.41) is 0.833. The van der Waals surface area contributed by atoms with Crippen molar-refractivity contribution in [2.45, 2.75) is 25.9 Å². The summed E-state index contributed by atoms with van der Waals surface area (Å²) in [5.41, 5.74) is 3.14. The summed E-state index contributed by atoms with van der Waals surface area (Å²) in [6.45, 7) is 1.94. The first kappa shape index (κ1) is 24.7. The van der Waals surface area contributed by atoms with Crippen LogP contribution in [0.1, 0.15) is 28.1 Å². The van der Waals surface area contributed by atoms with E-state index < -0.39 is 29.6 Å². The molecule has 0 N–H and O–H groups in total. The molecule has 0 bridgehead atoms. The summed E-state index contributed by atoms with van der Waals surface area (Å²) in [7, 11) is 0. The van der Waals surface area contributed by atoms with E-state index >= 15 is 0 Å². The zero-order chi connectivity index (χ0) is 27.1. The van der Waals surface area contributed by atoms with Gasteiger partial charge in [0.25, 0.3) is 11.8 Å². The number of carbonyl (C=O) groups excluding carboxylic acids is 3. The molecule has 3 aromatic carbocycles. The van der Waals surface area contributed by atoms with Gasteiger partial charge in [0, 0.05) is 5.56 Å². The Morgan fingerprint density at radius 3 is 2.62 bits per heavy atom. The fourth-order valence-corrected chi connectivity index (χ4v) is 5.79. The second-order valence-corrected chi connectivity index (χ2v) is 10.3. The number of imide groups is 1. The molecule has 0 spiro atoms. The third-order valence-corrected chi connectivity index (χ3v) is 7.75. The number of amides is 3. The molecular formula is C30H22FN3O4S. The van der Waals surface area contributed by atoms with Crippen LogP contribution in [0.2, 0.25) is 0 Å². The van der Waals surface area contributed by atoms with Crippen molar-refractivity contribution in [3.05, 3.63) is 108 Å². The Hall–Kier alpha value is -4.63. The molecule has 2 aromatic heterocycles. The number of fused-ring (bicyclic) bond motifs is 1. The molecule has 6 rings (SSSR count). The largest absolute Gasteiger partial charge is 0.467 e. The van der Waals surface area contributed by atoms with Crippen molar-refractivity contribution in [1.29, 1.82) is 0 Å². The molecule has 1 aliphatic rings. The average molecular weight is 540 g/mol. The molecule has 1 atom stereocenters. The van der Waals surface area contributed by atoms with Gasteiger partial charge < -0.3 is 9.32 Å². The number of furan rings is 1. The van der Waals surface area contributed by atoms with Gasteiger partial charge in [-0.25, -0.2) is 14.3 Å². The van der Waals surface area contributed by atoms with Crippen molar-refractivity contribution < 1.29 is 23.2 Å². The zero-order valence-corrected chi connectivity index (χ0v) is 21.7. The number of halogens is 1. The molecule has 39 heavy (non-hydrogen) atoms. The third kappa shape index (κ3) is 4.61. The number of hydrogen-bond donors (Lipinski definition) is 0. The van der Waals surface area contributed by atoms with E-state index in [4.69, 9.17) is 9.40 Å². The van der Waals surface area contributed by atoms with Crippen LogP contribution in [0.4, 0.5) is 10.1 Å². The van der Waals surface area contributed by atoms with Crippen LogP contribution in [0.15, 0.2) is 89.5 Å². The van der Waals surface area contributed by atoms with Gasteiger partial charge >= 0.3 is 0 Å². The Labute approximate surface area is 227 Å². The van der Waals surface area contributed by atoms with E-state index in [1.54, 1.807) is 41.7 Å². The van der Waals surface area contributed by atoms with Crippen molar-refractivity contribution in [2.24, 2.45) is 0 Å². The minimum atomic E-state index is -1.11.